The molecule has 0 N–H and O–H groups in total. The Bertz CT molecular complexity index is 810. The van der Waals surface area contributed by atoms with Crippen LogP contribution >= 0.6 is 0 Å². The van der Waals surface area contributed by atoms with Gasteiger partial charge in [0.2, 0.25) is 5.91 Å². The highest BCUT2D eigenvalue weighted by atomic mass is 16.2. The Balaban J connectivity index is 1.37. The topological polar surface area (TPSA) is 36.4 Å². The fraction of sp³-hybridized carbons (Fsp3) is 0.520. The molecule has 2 fully saturated rings. The Morgan fingerprint density at radius 1 is 1.00 bits per heavy atom. The molecule has 0 unspecified atom stereocenters. The summed E-state index contributed by atoms with van der Waals surface area (Å²) < 4.78 is 0. The molecule has 4 rings (SSSR count). The molecule has 1 saturated heterocycles. The van der Waals surface area contributed by atoms with Crippen molar-refractivity contribution < 1.29 is 4.79 Å². The third-order valence-corrected chi connectivity index (χ3v) is 7.42. The van der Waals surface area contributed by atoms with Gasteiger partial charge in [-0.25, -0.2) is 0 Å². The quantitative estimate of drug-likeness (QED) is 0.764. The van der Waals surface area contributed by atoms with Crippen molar-refractivity contribution in [2.45, 2.75) is 50.5 Å². The molecule has 1 aliphatic heterocycles. The number of aryl methyl sites for hydroxylation is 1. The number of amides is 1. The van der Waals surface area contributed by atoms with E-state index in [9.17, 15) is 4.79 Å². The summed E-state index contributed by atoms with van der Waals surface area (Å²) in [6.45, 7) is 1.85. The second-order valence-corrected chi connectivity index (χ2v) is 9.18. The smallest absolute Gasteiger partial charge is 0.222 e. The molecule has 4 heteroatoms. The van der Waals surface area contributed by atoms with Crippen LogP contribution in [0.5, 0.6) is 0 Å². The first kappa shape index (κ1) is 20.1. The fourth-order valence-electron chi connectivity index (χ4n) is 5.43. The Morgan fingerprint density at radius 3 is 2.38 bits per heavy atom. The van der Waals surface area contributed by atoms with Crippen LogP contribution in [0.25, 0.3) is 0 Å². The zero-order chi connectivity index (χ0) is 20.3. The molecule has 29 heavy (non-hydrogen) atoms. The number of pyridine rings is 1. The maximum atomic E-state index is 12.8. The lowest BCUT2D eigenvalue weighted by Gasteiger charge is -2.49. The van der Waals surface area contributed by atoms with Crippen molar-refractivity contribution in [3.8, 4) is 0 Å². The van der Waals surface area contributed by atoms with Crippen LogP contribution < -0.4 is 0 Å². The molecule has 1 spiro atoms. The lowest BCUT2D eigenvalue weighted by atomic mass is 9.64. The van der Waals surface area contributed by atoms with E-state index in [1.54, 1.807) is 6.20 Å². The summed E-state index contributed by atoms with van der Waals surface area (Å²) in [6, 6.07) is 16.9. The number of rotatable bonds is 5. The molecule has 1 aromatic heterocycles. The minimum absolute atomic E-state index is 0.128. The molecule has 4 nitrogen and oxygen atoms in total. The second-order valence-electron chi connectivity index (χ2n) is 9.18. The summed E-state index contributed by atoms with van der Waals surface area (Å²) in [7, 11) is 4.43. The van der Waals surface area contributed by atoms with Crippen molar-refractivity contribution in [3.63, 3.8) is 0 Å². The molecule has 154 valence electrons. The number of benzene rings is 1. The van der Waals surface area contributed by atoms with Crippen molar-refractivity contribution in [1.29, 1.82) is 0 Å². The zero-order valence-corrected chi connectivity index (χ0v) is 17.8. The fourth-order valence-corrected chi connectivity index (χ4v) is 5.43. The van der Waals surface area contributed by atoms with Crippen molar-refractivity contribution >= 4 is 5.91 Å². The second kappa shape index (κ2) is 8.27. The minimum atomic E-state index is 0.128. The van der Waals surface area contributed by atoms with Crippen molar-refractivity contribution in [2.75, 3.05) is 27.2 Å². The van der Waals surface area contributed by atoms with E-state index in [4.69, 9.17) is 0 Å². The van der Waals surface area contributed by atoms with Crippen molar-refractivity contribution in [1.82, 2.24) is 14.8 Å². The number of aromatic nitrogens is 1. The molecular formula is C25H33N3O. The average molecular weight is 392 g/mol. The van der Waals surface area contributed by atoms with Gasteiger partial charge in [0.15, 0.2) is 0 Å². The van der Waals surface area contributed by atoms with E-state index in [-0.39, 0.29) is 5.54 Å². The largest absolute Gasteiger partial charge is 0.342 e. The molecule has 2 aromatic rings. The standard InChI is InChI=1S/C25H33N3O/c1-27(2)25(21-8-4-3-5-9-21)15-13-24(14-16-25)17-19-28(20-24)23(29)12-11-22-10-6-7-18-26-22/h3-10,18H,11-17,19-20H2,1-2H3/t24-,25-. The third-order valence-electron chi connectivity index (χ3n) is 7.42. The van der Waals surface area contributed by atoms with Gasteiger partial charge in [-0.05, 0) is 75.7 Å². The van der Waals surface area contributed by atoms with Gasteiger partial charge in [0.1, 0.15) is 0 Å². The maximum absolute atomic E-state index is 12.8. The van der Waals surface area contributed by atoms with E-state index in [1.807, 2.05) is 18.2 Å². The first-order chi connectivity index (χ1) is 14.0. The molecule has 2 heterocycles. The van der Waals surface area contributed by atoms with Gasteiger partial charge in [0.05, 0.1) is 0 Å². The van der Waals surface area contributed by atoms with Crippen molar-refractivity contribution in [3.05, 3.63) is 66.0 Å². The lowest BCUT2D eigenvalue weighted by molar-refractivity contribution is -0.130. The highest BCUT2D eigenvalue weighted by Crippen LogP contribution is 2.51. The molecule has 0 radical (unpaired) electrons. The van der Waals surface area contributed by atoms with Gasteiger partial charge < -0.3 is 4.90 Å². The Morgan fingerprint density at radius 2 is 1.72 bits per heavy atom. The highest BCUT2D eigenvalue weighted by molar-refractivity contribution is 5.76. The Kier molecular flexibility index (Phi) is 5.73. The zero-order valence-electron chi connectivity index (χ0n) is 17.8. The summed E-state index contributed by atoms with van der Waals surface area (Å²) >= 11 is 0. The van der Waals surface area contributed by atoms with Crippen LogP contribution in [0.1, 0.15) is 49.8 Å². The van der Waals surface area contributed by atoms with Gasteiger partial charge in [-0.3, -0.25) is 14.7 Å². The molecule has 0 bridgehead atoms. The van der Waals surface area contributed by atoms with E-state index in [0.717, 1.165) is 31.6 Å². The monoisotopic (exact) mass is 391 g/mol. The first-order valence-corrected chi connectivity index (χ1v) is 10.9. The predicted molar refractivity (Wildman–Crippen MR) is 116 cm³/mol. The van der Waals surface area contributed by atoms with Crippen LogP contribution in [0, 0.1) is 5.41 Å². The van der Waals surface area contributed by atoms with E-state index < -0.39 is 0 Å². The maximum Gasteiger partial charge on any atom is 0.222 e. The number of hydrogen-bond donors (Lipinski definition) is 0. The van der Waals surface area contributed by atoms with Gasteiger partial charge in [-0.15, -0.1) is 0 Å². The third kappa shape index (κ3) is 4.09. The summed E-state index contributed by atoms with van der Waals surface area (Å²) in [5.41, 5.74) is 2.88. The van der Waals surface area contributed by atoms with E-state index in [2.05, 4.69) is 59.2 Å². The van der Waals surface area contributed by atoms with Crippen LogP contribution in [0.15, 0.2) is 54.7 Å². The number of carbonyl (C=O) groups is 1. The summed E-state index contributed by atoms with van der Waals surface area (Å²) in [4.78, 5) is 21.7. The van der Waals surface area contributed by atoms with E-state index in [1.165, 1.54) is 31.2 Å². The van der Waals surface area contributed by atoms with Crippen LogP contribution in [0.3, 0.4) is 0 Å². The molecule has 0 atom stereocenters. The van der Waals surface area contributed by atoms with E-state index in [0.29, 0.717) is 17.7 Å². The number of likely N-dealkylation sites (tertiary alicyclic amines) is 1. The number of nitrogens with zero attached hydrogens (tertiary/aromatic N) is 3. The molecule has 1 aliphatic carbocycles. The van der Waals surface area contributed by atoms with Gasteiger partial charge in [-0.1, -0.05) is 36.4 Å². The van der Waals surface area contributed by atoms with E-state index >= 15 is 0 Å². The van der Waals surface area contributed by atoms with Crippen LogP contribution in [-0.4, -0.2) is 47.9 Å². The molecule has 2 aliphatic rings. The van der Waals surface area contributed by atoms with Gasteiger partial charge in [0.25, 0.3) is 0 Å². The number of hydrogen-bond acceptors (Lipinski definition) is 3. The molecule has 1 aromatic carbocycles. The predicted octanol–water partition coefficient (Wildman–Crippen LogP) is 4.26. The van der Waals surface area contributed by atoms with Gasteiger partial charge in [-0.2, -0.15) is 0 Å². The molecular weight excluding hydrogens is 358 g/mol. The average Bonchev–Trinajstić information content (AvgIpc) is 3.18. The normalized spacial score (nSPS) is 26.9. The Labute approximate surface area is 174 Å². The lowest BCUT2D eigenvalue weighted by Crippen LogP contribution is -2.47. The molecule has 1 amide bonds. The first-order valence-electron chi connectivity index (χ1n) is 10.9. The number of carbonyl (C=O) groups excluding carboxylic acids is 1. The summed E-state index contributed by atoms with van der Waals surface area (Å²) in [5, 5.41) is 0. The minimum Gasteiger partial charge on any atom is -0.342 e. The van der Waals surface area contributed by atoms with Crippen LogP contribution in [0.2, 0.25) is 0 Å². The van der Waals surface area contributed by atoms with Crippen LogP contribution in [0.4, 0.5) is 0 Å². The van der Waals surface area contributed by atoms with Crippen molar-refractivity contribution in [2.24, 2.45) is 5.41 Å². The molecule has 1 saturated carbocycles. The highest BCUT2D eigenvalue weighted by Gasteiger charge is 2.48. The van der Waals surface area contributed by atoms with Gasteiger partial charge in [0, 0.05) is 36.9 Å². The van der Waals surface area contributed by atoms with Crippen LogP contribution in [-0.2, 0) is 16.8 Å². The SMILES string of the molecule is CN(C)[C@]1(c2ccccc2)CC[C@]2(CCN(C(=O)CCc3ccccn3)C2)CC1. The summed E-state index contributed by atoms with van der Waals surface area (Å²) in [5.74, 6) is 0.292. The summed E-state index contributed by atoms with van der Waals surface area (Å²) in [6.07, 6.45) is 8.99. The van der Waals surface area contributed by atoms with Gasteiger partial charge >= 0.3 is 0 Å². The Hall–Kier alpha value is -2.20.